The van der Waals surface area contributed by atoms with E-state index in [1.54, 1.807) is 34.6 Å². The van der Waals surface area contributed by atoms with E-state index in [-0.39, 0.29) is 45.8 Å². The highest BCUT2D eigenvalue weighted by Crippen LogP contribution is 2.44. The summed E-state index contributed by atoms with van der Waals surface area (Å²) in [6, 6.07) is 0. The normalized spacial score (nSPS) is 13.8. The minimum atomic E-state index is -1.13. The predicted molar refractivity (Wildman–Crippen MR) is 145 cm³/mol. The Balaban J connectivity index is 5.67. The van der Waals surface area contributed by atoms with Crippen molar-refractivity contribution in [2.75, 3.05) is 59.7 Å². The highest BCUT2D eigenvalue weighted by molar-refractivity contribution is 5.82. The third kappa shape index (κ3) is 13.6. The molecule has 0 aliphatic heterocycles. The largest absolute Gasteiger partial charge is 0.464 e. The van der Waals surface area contributed by atoms with Crippen molar-refractivity contribution in [3.05, 3.63) is 0 Å². The fraction of sp³-hybridized carbons (Fsp3) is 0.893. The molecule has 0 aromatic heterocycles. The molecule has 0 aromatic rings. The fourth-order valence-corrected chi connectivity index (χ4v) is 4.60. The molecule has 0 rings (SSSR count). The smallest absolute Gasteiger partial charge is 0.311 e. The van der Waals surface area contributed by atoms with Gasteiger partial charge in [-0.15, -0.1) is 0 Å². The van der Waals surface area contributed by atoms with Crippen molar-refractivity contribution in [3.63, 3.8) is 0 Å². The Morgan fingerprint density at radius 1 is 0.676 bits per heavy atom. The van der Waals surface area contributed by atoms with Crippen LogP contribution >= 0.6 is 0 Å². The summed E-state index contributed by atoms with van der Waals surface area (Å²) in [6.45, 7) is 16.6. The van der Waals surface area contributed by atoms with Gasteiger partial charge in [-0.05, 0) is 73.4 Å². The predicted octanol–water partition coefficient (Wildman–Crippen LogP) is 3.96. The van der Waals surface area contributed by atoms with Gasteiger partial charge in [0.25, 0.3) is 0 Å². The number of nitrogens with two attached hydrogens (primary N) is 1. The van der Waals surface area contributed by atoms with Crippen LogP contribution in [0.5, 0.6) is 0 Å². The summed E-state index contributed by atoms with van der Waals surface area (Å²) in [7, 11) is 1.53. The Morgan fingerprint density at radius 3 is 1.57 bits per heavy atom. The summed E-state index contributed by atoms with van der Waals surface area (Å²) < 4.78 is 21.4. The van der Waals surface area contributed by atoms with Gasteiger partial charge in [0, 0.05) is 20.2 Å². The zero-order valence-corrected chi connectivity index (χ0v) is 24.8. The second-order valence-electron chi connectivity index (χ2n) is 11.4. The number of methoxy groups -OCH3 is 1. The van der Waals surface area contributed by atoms with Crippen molar-refractivity contribution in [2.24, 2.45) is 22.0 Å². The lowest BCUT2D eigenvalue weighted by molar-refractivity contribution is -0.168. The number of ether oxygens (including phenoxy) is 4. The molecular weight excluding hydrogens is 476 g/mol. The summed E-state index contributed by atoms with van der Waals surface area (Å²) >= 11 is 0. The molecule has 0 bridgehead atoms. The zero-order valence-electron chi connectivity index (χ0n) is 24.8. The lowest BCUT2D eigenvalue weighted by atomic mass is 9.66. The first-order chi connectivity index (χ1) is 17.3. The molecule has 0 heterocycles. The highest BCUT2D eigenvalue weighted by Gasteiger charge is 2.48. The van der Waals surface area contributed by atoms with Crippen molar-refractivity contribution in [3.8, 4) is 0 Å². The molecule has 0 aromatic carbocycles. The van der Waals surface area contributed by atoms with Gasteiger partial charge in [0.05, 0.1) is 22.9 Å². The van der Waals surface area contributed by atoms with Crippen LogP contribution in [0.2, 0.25) is 0 Å². The first kappa shape index (κ1) is 35.3. The Labute approximate surface area is 225 Å². The van der Waals surface area contributed by atoms with Crippen LogP contribution in [0.4, 0.5) is 0 Å². The average molecular weight is 531 g/mol. The molecular formula is C28H54N2O7. The average Bonchev–Trinajstić information content (AvgIpc) is 2.82. The molecule has 9 heteroatoms. The van der Waals surface area contributed by atoms with E-state index in [0.29, 0.717) is 6.54 Å². The molecule has 218 valence electrons. The number of carbonyl (C=O) groups is 3. The highest BCUT2D eigenvalue weighted by atomic mass is 16.6. The molecule has 0 aliphatic carbocycles. The van der Waals surface area contributed by atoms with E-state index in [1.165, 1.54) is 7.11 Å². The third-order valence-corrected chi connectivity index (χ3v) is 6.43. The number of nitrogens with zero attached hydrogens (tertiary/aromatic N) is 1. The summed E-state index contributed by atoms with van der Waals surface area (Å²) in [5.74, 6) is -1.31. The minimum Gasteiger partial charge on any atom is -0.464 e. The Kier molecular flexibility index (Phi) is 16.9. The maximum Gasteiger partial charge on any atom is 0.311 e. The summed E-state index contributed by atoms with van der Waals surface area (Å²) in [5, 5.41) is 0. The quantitative estimate of drug-likeness (QED) is 0.134. The molecule has 0 amide bonds. The maximum atomic E-state index is 13.6. The van der Waals surface area contributed by atoms with Crippen molar-refractivity contribution >= 4 is 17.9 Å². The van der Waals surface area contributed by atoms with Gasteiger partial charge in [-0.25, -0.2) is 0 Å². The van der Waals surface area contributed by atoms with Crippen molar-refractivity contribution in [1.29, 1.82) is 0 Å². The van der Waals surface area contributed by atoms with E-state index in [1.807, 2.05) is 0 Å². The van der Waals surface area contributed by atoms with Gasteiger partial charge in [0.2, 0.25) is 0 Å². The lowest BCUT2D eigenvalue weighted by Crippen LogP contribution is -2.44. The number of carbonyl (C=O) groups excluding carboxylic acids is 3. The van der Waals surface area contributed by atoms with Crippen LogP contribution in [-0.4, -0.2) is 82.5 Å². The van der Waals surface area contributed by atoms with Crippen LogP contribution in [-0.2, 0) is 33.3 Å². The van der Waals surface area contributed by atoms with Gasteiger partial charge >= 0.3 is 17.9 Å². The molecule has 0 radical (unpaired) electrons. The summed E-state index contributed by atoms with van der Waals surface area (Å²) in [5.41, 5.74) is 2.37. The molecule has 9 nitrogen and oxygen atoms in total. The molecule has 1 atom stereocenters. The van der Waals surface area contributed by atoms with Gasteiger partial charge in [-0.1, -0.05) is 26.7 Å². The van der Waals surface area contributed by atoms with Gasteiger partial charge in [-0.3, -0.25) is 19.3 Å². The van der Waals surface area contributed by atoms with Crippen LogP contribution in [0, 0.1) is 16.2 Å². The van der Waals surface area contributed by atoms with E-state index in [4.69, 9.17) is 24.7 Å². The van der Waals surface area contributed by atoms with Crippen LogP contribution < -0.4 is 5.73 Å². The first-order valence-corrected chi connectivity index (χ1v) is 13.7. The van der Waals surface area contributed by atoms with E-state index in [0.717, 1.165) is 38.8 Å². The monoisotopic (exact) mass is 530 g/mol. The van der Waals surface area contributed by atoms with E-state index in [9.17, 15) is 14.4 Å². The minimum absolute atomic E-state index is 0.103. The van der Waals surface area contributed by atoms with Gasteiger partial charge in [-0.2, -0.15) is 0 Å². The molecule has 1 unspecified atom stereocenters. The SMILES string of the molecule is CCCCN(CCCC)CCOC(=O)C(C)(CC(C)(C)C(=O)OCCN)CC(C)(C)C(=O)OCCOC. The number of esters is 3. The molecule has 0 spiro atoms. The second kappa shape index (κ2) is 17.7. The standard InChI is InChI=1S/C28H54N2O7/c1-9-11-14-30(15-12-10-2)16-18-36-25(33)28(7,21-26(3,4)23(31)35-17-13-29)22-27(5,6)24(32)37-20-19-34-8/h9-22,29H2,1-8H3. The molecule has 0 saturated carbocycles. The van der Waals surface area contributed by atoms with E-state index >= 15 is 0 Å². The third-order valence-electron chi connectivity index (χ3n) is 6.43. The van der Waals surface area contributed by atoms with Crippen molar-refractivity contribution in [2.45, 2.75) is 87.0 Å². The molecule has 2 N–H and O–H groups in total. The fourth-order valence-electron chi connectivity index (χ4n) is 4.60. The number of unbranched alkanes of at least 4 members (excludes halogenated alkanes) is 2. The second-order valence-corrected chi connectivity index (χ2v) is 11.4. The van der Waals surface area contributed by atoms with Gasteiger partial charge in [0.1, 0.15) is 19.8 Å². The summed E-state index contributed by atoms with van der Waals surface area (Å²) in [6.07, 6.45) is 4.68. The summed E-state index contributed by atoms with van der Waals surface area (Å²) in [4.78, 5) is 41.5. The first-order valence-electron chi connectivity index (χ1n) is 13.7. The van der Waals surface area contributed by atoms with Crippen LogP contribution in [0.25, 0.3) is 0 Å². The van der Waals surface area contributed by atoms with Crippen LogP contribution in [0.15, 0.2) is 0 Å². The van der Waals surface area contributed by atoms with E-state index in [2.05, 4.69) is 18.7 Å². The molecule has 0 aliphatic rings. The molecule has 0 saturated heterocycles. The van der Waals surface area contributed by atoms with Crippen molar-refractivity contribution in [1.82, 2.24) is 4.90 Å². The number of hydrogen-bond donors (Lipinski definition) is 1. The van der Waals surface area contributed by atoms with Crippen molar-refractivity contribution < 1.29 is 33.3 Å². The van der Waals surface area contributed by atoms with Crippen LogP contribution in [0.3, 0.4) is 0 Å². The molecule has 0 fully saturated rings. The number of hydrogen-bond acceptors (Lipinski definition) is 9. The van der Waals surface area contributed by atoms with Gasteiger partial charge in [0.15, 0.2) is 0 Å². The Morgan fingerprint density at radius 2 is 1.14 bits per heavy atom. The Hall–Kier alpha value is -1.71. The lowest BCUT2D eigenvalue weighted by Gasteiger charge is -2.38. The Bertz CT molecular complexity index is 673. The zero-order chi connectivity index (χ0) is 28.5. The van der Waals surface area contributed by atoms with E-state index < -0.39 is 34.2 Å². The van der Waals surface area contributed by atoms with Crippen LogP contribution in [0.1, 0.15) is 87.0 Å². The topological polar surface area (TPSA) is 117 Å². The molecule has 37 heavy (non-hydrogen) atoms. The number of rotatable bonds is 21. The maximum absolute atomic E-state index is 13.6. The van der Waals surface area contributed by atoms with Gasteiger partial charge < -0.3 is 24.7 Å².